The molecule has 2 aromatic rings. The van der Waals surface area contributed by atoms with Gasteiger partial charge >= 0.3 is 5.97 Å². The van der Waals surface area contributed by atoms with Crippen LogP contribution < -0.4 is 16.0 Å². The number of carbonyl (C=O) groups is 4. The van der Waals surface area contributed by atoms with E-state index < -0.39 is 30.2 Å². The van der Waals surface area contributed by atoms with E-state index in [2.05, 4.69) is 16.0 Å². The van der Waals surface area contributed by atoms with Crippen LogP contribution in [0.2, 0.25) is 0 Å². The Morgan fingerprint density at radius 2 is 1.24 bits per heavy atom. The third-order valence-electron chi connectivity index (χ3n) is 3.54. The largest absolute Gasteiger partial charge is 0.456 e. The number of ether oxygens (including phenoxy) is 1. The smallest absolute Gasteiger partial charge is 0.306 e. The van der Waals surface area contributed by atoms with E-state index in [4.69, 9.17) is 4.74 Å². The SMILES string of the molecule is CC(=O)Nc1ccc(NC(=O)CCC(=O)OCC(=O)Nc2ccc(F)cc2)cc1. The molecule has 0 aliphatic carbocycles. The lowest BCUT2D eigenvalue weighted by Gasteiger charge is -2.08. The minimum Gasteiger partial charge on any atom is -0.456 e. The fraction of sp³-hybridized carbons (Fsp3) is 0.200. The van der Waals surface area contributed by atoms with Gasteiger partial charge in [-0.25, -0.2) is 4.39 Å². The molecule has 0 atom stereocenters. The van der Waals surface area contributed by atoms with Crippen molar-refractivity contribution >= 4 is 40.8 Å². The van der Waals surface area contributed by atoms with Crippen LogP contribution in [0.25, 0.3) is 0 Å². The van der Waals surface area contributed by atoms with Crippen molar-refractivity contribution in [1.82, 2.24) is 0 Å². The van der Waals surface area contributed by atoms with Gasteiger partial charge in [0.05, 0.1) is 6.42 Å². The summed E-state index contributed by atoms with van der Waals surface area (Å²) >= 11 is 0. The number of carbonyl (C=O) groups excluding carboxylic acids is 4. The molecule has 2 aromatic carbocycles. The number of anilines is 3. The van der Waals surface area contributed by atoms with Gasteiger partial charge in [-0.1, -0.05) is 0 Å². The average molecular weight is 401 g/mol. The Hall–Kier alpha value is -3.75. The maximum absolute atomic E-state index is 12.8. The van der Waals surface area contributed by atoms with E-state index >= 15 is 0 Å². The number of amides is 3. The molecule has 0 aliphatic rings. The Morgan fingerprint density at radius 3 is 1.79 bits per heavy atom. The van der Waals surface area contributed by atoms with Crippen LogP contribution in [0, 0.1) is 5.82 Å². The minimum atomic E-state index is -0.699. The van der Waals surface area contributed by atoms with Crippen LogP contribution in [0.15, 0.2) is 48.5 Å². The van der Waals surface area contributed by atoms with Crippen LogP contribution >= 0.6 is 0 Å². The standard InChI is InChI=1S/C20H20FN3O5/c1-13(25)22-15-6-8-17(9-7-15)23-18(26)10-11-20(28)29-12-19(27)24-16-4-2-14(21)3-5-16/h2-9H,10-12H2,1H3,(H,22,25)(H,23,26)(H,24,27). The quantitative estimate of drug-likeness (QED) is 0.589. The minimum absolute atomic E-state index is 0.119. The predicted octanol–water partition coefficient (Wildman–Crippen LogP) is 2.68. The van der Waals surface area contributed by atoms with E-state index in [0.717, 1.165) is 0 Å². The van der Waals surface area contributed by atoms with E-state index in [9.17, 15) is 23.6 Å². The number of nitrogens with one attached hydrogen (secondary N) is 3. The van der Waals surface area contributed by atoms with Crippen LogP contribution in [0.3, 0.4) is 0 Å². The molecule has 152 valence electrons. The summed E-state index contributed by atoms with van der Waals surface area (Å²) in [6.07, 6.45) is -0.314. The fourth-order valence-electron chi connectivity index (χ4n) is 2.23. The summed E-state index contributed by atoms with van der Waals surface area (Å²) < 4.78 is 17.6. The lowest BCUT2D eigenvalue weighted by atomic mass is 10.2. The Bertz CT molecular complexity index is 882. The molecule has 0 unspecified atom stereocenters. The lowest BCUT2D eigenvalue weighted by Crippen LogP contribution is -2.21. The first-order valence-electron chi connectivity index (χ1n) is 8.70. The monoisotopic (exact) mass is 401 g/mol. The van der Waals surface area contributed by atoms with Crippen molar-refractivity contribution in [3.63, 3.8) is 0 Å². The zero-order valence-electron chi connectivity index (χ0n) is 15.7. The first-order chi connectivity index (χ1) is 13.8. The number of halogens is 1. The first-order valence-corrected chi connectivity index (χ1v) is 8.70. The van der Waals surface area contributed by atoms with Gasteiger partial charge in [0, 0.05) is 30.4 Å². The summed E-state index contributed by atoms with van der Waals surface area (Å²) in [6.45, 7) is 0.879. The molecule has 9 heteroatoms. The van der Waals surface area contributed by atoms with Gasteiger partial charge in [-0.3, -0.25) is 19.2 Å². The molecule has 2 rings (SSSR count). The van der Waals surface area contributed by atoms with Gasteiger partial charge in [0.15, 0.2) is 6.61 Å². The number of hydrogen-bond acceptors (Lipinski definition) is 5. The van der Waals surface area contributed by atoms with Crippen LogP contribution in [0.5, 0.6) is 0 Å². The molecule has 0 radical (unpaired) electrons. The first kappa shape index (κ1) is 21.5. The Kier molecular flexibility index (Phi) is 7.84. The molecule has 0 spiro atoms. The molecule has 0 bridgehead atoms. The zero-order valence-corrected chi connectivity index (χ0v) is 15.7. The van der Waals surface area contributed by atoms with Gasteiger partial charge in [-0.2, -0.15) is 0 Å². The van der Waals surface area contributed by atoms with Crippen LogP contribution in [0.1, 0.15) is 19.8 Å². The summed E-state index contributed by atoms with van der Waals surface area (Å²) in [5, 5.41) is 7.66. The third-order valence-corrected chi connectivity index (χ3v) is 3.54. The van der Waals surface area contributed by atoms with Gasteiger partial charge in [-0.15, -0.1) is 0 Å². The second-order valence-corrected chi connectivity index (χ2v) is 6.02. The van der Waals surface area contributed by atoms with E-state index in [1.54, 1.807) is 24.3 Å². The van der Waals surface area contributed by atoms with Gasteiger partial charge in [0.1, 0.15) is 5.82 Å². The molecule has 0 fully saturated rings. The highest BCUT2D eigenvalue weighted by molar-refractivity contribution is 5.95. The number of rotatable bonds is 8. The molecule has 3 amide bonds. The van der Waals surface area contributed by atoms with Gasteiger partial charge in [-0.05, 0) is 48.5 Å². The molecule has 0 heterocycles. The predicted molar refractivity (Wildman–Crippen MR) is 105 cm³/mol. The van der Waals surface area contributed by atoms with Gasteiger partial charge < -0.3 is 20.7 Å². The van der Waals surface area contributed by atoms with Crippen LogP contribution in [-0.4, -0.2) is 30.3 Å². The highest BCUT2D eigenvalue weighted by atomic mass is 19.1. The zero-order chi connectivity index (χ0) is 21.2. The summed E-state index contributed by atoms with van der Waals surface area (Å²) in [7, 11) is 0. The molecule has 0 aliphatic heterocycles. The molecule has 0 saturated carbocycles. The Labute approximate surface area is 166 Å². The number of hydrogen-bond donors (Lipinski definition) is 3. The van der Waals surface area contributed by atoms with Crippen LogP contribution in [-0.2, 0) is 23.9 Å². The van der Waals surface area contributed by atoms with Gasteiger partial charge in [0.2, 0.25) is 11.8 Å². The topological polar surface area (TPSA) is 114 Å². The van der Waals surface area contributed by atoms with E-state index in [1.807, 2.05) is 0 Å². The van der Waals surface area contributed by atoms with Crippen molar-refractivity contribution in [2.75, 3.05) is 22.6 Å². The molecular formula is C20H20FN3O5. The van der Waals surface area contributed by atoms with Crippen molar-refractivity contribution in [3.8, 4) is 0 Å². The fourth-order valence-corrected chi connectivity index (χ4v) is 2.23. The average Bonchev–Trinajstić information content (AvgIpc) is 2.68. The van der Waals surface area contributed by atoms with Crippen molar-refractivity contribution in [1.29, 1.82) is 0 Å². The molecule has 3 N–H and O–H groups in total. The Morgan fingerprint density at radius 1 is 0.759 bits per heavy atom. The van der Waals surface area contributed by atoms with Crippen molar-refractivity contribution in [3.05, 3.63) is 54.3 Å². The summed E-state index contributed by atoms with van der Waals surface area (Å²) in [4.78, 5) is 46.2. The van der Waals surface area contributed by atoms with Gasteiger partial charge in [0.25, 0.3) is 5.91 Å². The number of esters is 1. The van der Waals surface area contributed by atoms with Crippen molar-refractivity contribution in [2.45, 2.75) is 19.8 Å². The lowest BCUT2D eigenvalue weighted by molar-refractivity contribution is -0.147. The molecular weight excluding hydrogens is 381 g/mol. The van der Waals surface area contributed by atoms with E-state index in [1.165, 1.54) is 31.2 Å². The van der Waals surface area contributed by atoms with E-state index in [-0.39, 0.29) is 18.7 Å². The summed E-state index contributed by atoms with van der Waals surface area (Å²) in [5.41, 5.74) is 1.48. The summed E-state index contributed by atoms with van der Waals surface area (Å²) in [6, 6.07) is 11.6. The maximum Gasteiger partial charge on any atom is 0.306 e. The Balaban J connectivity index is 1.67. The second kappa shape index (κ2) is 10.5. The number of benzene rings is 2. The highest BCUT2D eigenvalue weighted by Crippen LogP contribution is 2.14. The van der Waals surface area contributed by atoms with E-state index in [0.29, 0.717) is 17.1 Å². The normalized spacial score (nSPS) is 10.0. The maximum atomic E-state index is 12.8. The molecule has 0 aromatic heterocycles. The van der Waals surface area contributed by atoms with Crippen LogP contribution in [0.4, 0.5) is 21.5 Å². The van der Waals surface area contributed by atoms with Crippen molar-refractivity contribution in [2.24, 2.45) is 0 Å². The molecule has 8 nitrogen and oxygen atoms in total. The third kappa shape index (κ3) is 8.21. The highest BCUT2D eigenvalue weighted by Gasteiger charge is 2.11. The van der Waals surface area contributed by atoms with Crippen molar-refractivity contribution < 1.29 is 28.3 Å². The molecule has 0 saturated heterocycles. The molecule has 29 heavy (non-hydrogen) atoms. The second-order valence-electron chi connectivity index (χ2n) is 6.02. The summed E-state index contributed by atoms with van der Waals surface area (Å²) in [5.74, 6) is -2.31.